The molecule has 4 heteroatoms. The van der Waals surface area contributed by atoms with Crippen LogP contribution in [0.1, 0.15) is 38.8 Å². The fourth-order valence-electron chi connectivity index (χ4n) is 2.73. The van der Waals surface area contributed by atoms with Gasteiger partial charge in [0.25, 0.3) is 0 Å². The van der Waals surface area contributed by atoms with Crippen molar-refractivity contribution in [2.75, 3.05) is 18.5 Å². The fourth-order valence-corrected chi connectivity index (χ4v) is 2.73. The molecule has 2 rings (SSSR count). The van der Waals surface area contributed by atoms with Crippen molar-refractivity contribution in [2.45, 2.75) is 39.7 Å². The number of amides is 2. The van der Waals surface area contributed by atoms with Crippen LogP contribution in [0.2, 0.25) is 0 Å². The molecule has 0 radical (unpaired) electrons. The predicted molar refractivity (Wildman–Crippen MR) is 106 cm³/mol. The molecule has 0 fully saturated rings. The van der Waals surface area contributed by atoms with Crippen LogP contribution in [-0.2, 0) is 21.5 Å². The molecule has 0 saturated heterocycles. The quantitative estimate of drug-likeness (QED) is 0.816. The van der Waals surface area contributed by atoms with E-state index in [2.05, 4.69) is 20.8 Å². The number of likely N-dealkylation sites (N-methyl/N-ethyl adjacent to an activating group) is 1. The van der Waals surface area contributed by atoms with Crippen LogP contribution >= 0.6 is 0 Å². The van der Waals surface area contributed by atoms with Crippen LogP contribution in [0.4, 0.5) is 5.69 Å². The van der Waals surface area contributed by atoms with E-state index in [1.807, 2.05) is 54.6 Å². The lowest BCUT2D eigenvalue weighted by atomic mass is 9.87. The lowest BCUT2D eigenvalue weighted by molar-refractivity contribution is -0.130. The highest BCUT2D eigenvalue weighted by atomic mass is 16.2. The average Bonchev–Trinajstić information content (AvgIpc) is 2.59. The van der Waals surface area contributed by atoms with Gasteiger partial charge in [-0.3, -0.25) is 9.59 Å². The molecule has 0 aliphatic heterocycles. The first-order chi connectivity index (χ1) is 12.2. The van der Waals surface area contributed by atoms with Crippen LogP contribution in [0.15, 0.2) is 54.6 Å². The minimum absolute atomic E-state index is 0.0352. The Morgan fingerprint density at radius 1 is 0.923 bits per heavy atom. The summed E-state index contributed by atoms with van der Waals surface area (Å²) >= 11 is 0. The molecule has 0 spiro atoms. The molecule has 0 heterocycles. The normalized spacial score (nSPS) is 11.1. The molecule has 0 aliphatic carbocycles. The van der Waals surface area contributed by atoms with Gasteiger partial charge in [-0.1, -0.05) is 63.2 Å². The van der Waals surface area contributed by atoms with Crippen molar-refractivity contribution >= 4 is 17.5 Å². The number of carbonyl (C=O) groups excluding carboxylic acids is 2. The van der Waals surface area contributed by atoms with Crippen molar-refractivity contribution in [3.8, 4) is 0 Å². The third kappa shape index (κ3) is 5.19. The SMILES string of the molecule is CC(=O)N(CC(=O)N(C)Cc1ccccc1)c1ccc(C(C)(C)C)cc1. The summed E-state index contributed by atoms with van der Waals surface area (Å²) in [6.07, 6.45) is 0. The second kappa shape index (κ2) is 8.17. The van der Waals surface area contributed by atoms with Gasteiger partial charge < -0.3 is 9.80 Å². The van der Waals surface area contributed by atoms with E-state index in [-0.39, 0.29) is 23.8 Å². The van der Waals surface area contributed by atoms with Gasteiger partial charge in [-0.2, -0.15) is 0 Å². The van der Waals surface area contributed by atoms with Crippen LogP contribution in [0.3, 0.4) is 0 Å². The Morgan fingerprint density at radius 2 is 1.50 bits per heavy atom. The molecule has 4 nitrogen and oxygen atoms in total. The maximum Gasteiger partial charge on any atom is 0.242 e. The molecule has 0 saturated carbocycles. The van der Waals surface area contributed by atoms with Gasteiger partial charge in [0.1, 0.15) is 6.54 Å². The molecule has 2 amide bonds. The first kappa shape index (κ1) is 19.7. The van der Waals surface area contributed by atoms with Crippen LogP contribution < -0.4 is 4.90 Å². The van der Waals surface area contributed by atoms with Gasteiger partial charge in [0.15, 0.2) is 0 Å². The number of rotatable bonds is 5. The number of benzene rings is 2. The molecule has 0 bridgehead atoms. The number of anilines is 1. The Labute approximate surface area is 156 Å². The van der Waals surface area contributed by atoms with Gasteiger partial charge in [-0.25, -0.2) is 0 Å². The molecule has 138 valence electrons. The lowest BCUT2D eigenvalue weighted by Gasteiger charge is -2.26. The maximum absolute atomic E-state index is 12.6. The Balaban J connectivity index is 2.10. The summed E-state index contributed by atoms with van der Waals surface area (Å²) in [5, 5.41) is 0. The molecule has 0 aromatic heterocycles. The Bertz CT molecular complexity index is 746. The van der Waals surface area contributed by atoms with Crippen molar-refractivity contribution < 1.29 is 9.59 Å². The summed E-state index contributed by atoms with van der Waals surface area (Å²) in [5.74, 6) is -0.237. The molecule has 2 aromatic carbocycles. The molecule has 0 aliphatic rings. The van der Waals surface area contributed by atoms with Crippen molar-refractivity contribution in [3.05, 3.63) is 65.7 Å². The van der Waals surface area contributed by atoms with E-state index in [4.69, 9.17) is 0 Å². The number of hydrogen-bond acceptors (Lipinski definition) is 2. The zero-order valence-corrected chi connectivity index (χ0v) is 16.3. The molecule has 2 aromatic rings. The Hall–Kier alpha value is -2.62. The first-order valence-corrected chi connectivity index (χ1v) is 8.85. The van der Waals surface area contributed by atoms with E-state index in [0.717, 1.165) is 11.3 Å². The third-order valence-corrected chi connectivity index (χ3v) is 4.41. The van der Waals surface area contributed by atoms with E-state index >= 15 is 0 Å². The molecule has 0 N–H and O–H groups in total. The van der Waals surface area contributed by atoms with Crippen LogP contribution in [-0.4, -0.2) is 30.3 Å². The highest BCUT2D eigenvalue weighted by Gasteiger charge is 2.20. The van der Waals surface area contributed by atoms with Gasteiger partial charge >= 0.3 is 0 Å². The van der Waals surface area contributed by atoms with Crippen LogP contribution in [0, 0.1) is 0 Å². The fraction of sp³-hybridized carbons (Fsp3) is 0.364. The number of carbonyl (C=O) groups is 2. The van der Waals surface area contributed by atoms with Gasteiger partial charge in [-0.05, 0) is 28.7 Å². The molecule has 0 unspecified atom stereocenters. The summed E-state index contributed by atoms with van der Waals surface area (Å²) in [6, 6.07) is 17.7. The molecule has 26 heavy (non-hydrogen) atoms. The summed E-state index contributed by atoms with van der Waals surface area (Å²) in [5.41, 5.74) is 3.04. The number of hydrogen-bond donors (Lipinski definition) is 0. The summed E-state index contributed by atoms with van der Waals surface area (Å²) in [7, 11) is 1.76. The third-order valence-electron chi connectivity index (χ3n) is 4.41. The monoisotopic (exact) mass is 352 g/mol. The van der Waals surface area contributed by atoms with Crippen molar-refractivity contribution in [1.29, 1.82) is 0 Å². The van der Waals surface area contributed by atoms with E-state index in [0.29, 0.717) is 6.54 Å². The van der Waals surface area contributed by atoms with Crippen LogP contribution in [0.5, 0.6) is 0 Å². The molecule has 0 atom stereocenters. The van der Waals surface area contributed by atoms with E-state index in [9.17, 15) is 9.59 Å². The predicted octanol–water partition coefficient (Wildman–Crippen LogP) is 4.00. The zero-order chi connectivity index (χ0) is 19.3. The first-order valence-electron chi connectivity index (χ1n) is 8.85. The minimum atomic E-state index is -0.144. The van der Waals surface area contributed by atoms with Crippen molar-refractivity contribution in [2.24, 2.45) is 0 Å². The minimum Gasteiger partial charge on any atom is -0.340 e. The topological polar surface area (TPSA) is 40.6 Å². The van der Waals surface area contributed by atoms with Gasteiger partial charge in [0.05, 0.1) is 0 Å². The smallest absolute Gasteiger partial charge is 0.242 e. The van der Waals surface area contributed by atoms with Gasteiger partial charge in [0.2, 0.25) is 11.8 Å². The second-order valence-electron chi connectivity index (χ2n) is 7.64. The van der Waals surface area contributed by atoms with Crippen LogP contribution in [0.25, 0.3) is 0 Å². The molecular formula is C22H28N2O2. The zero-order valence-electron chi connectivity index (χ0n) is 16.3. The average molecular weight is 352 g/mol. The largest absolute Gasteiger partial charge is 0.340 e. The maximum atomic E-state index is 12.6. The van der Waals surface area contributed by atoms with E-state index in [1.165, 1.54) is 17.4 Å². The Morgan fingerprint density at radius 3 is 2.00 bits per heavy atom. The van der Waals surface area contributed by atoms with E-state index in [1.54, 1.807) is 11.9 Å². The van der Waals surface area contributed by atoms with Crippen molar-refractivity contribution in [1.82, 2.24) is 4.90 Å². The highest BCUT2D eigenvalue weighted by molar-refractivity contribution is 5.97. The lowest BCUT2D eigenvalue weighted by Crippen LogP contribution is -2.40. The molecular weight excluding hydrogens is 324 g/mol. The summed E-state index contributed by atoms with van der Waals surface area (Å²) < 4.78 is 0. The van der Waals surface area contributed by atoms with Gasteiger partial charge in [-0.15, -0.1) is 0 Å². The van der Waals surface area contributed by atoms with Crippen molar-refractivity contribution in [3.63, 3.8) is 0 Å². The Kier molecular flexibility index (Phi) is 6.19. The number of nitrogens with zero attached hydrogens (tertiary/aromatic N) is 2. The standard InChI is InChI=1S/C22H28N2O2/c1-17(25)24(20-13-11-19(12-14-20)22(2,3)4)16-21(26)23(5)15-18-9-7-6-8-10-18/h6-14H,15-16H2,1-5H3. The van der Waals surface area contributed by atoms with E-state index < -0.39 is 0 Å². The highest BCUT2D eigenvalue weighted by Crippen LogP contribution is 2.25. The summed E-state index contributed by atoms with van der Waals surface area (Å²) in [4.78, 5) is 27.9. The summed E-state index contributed by atoms with van der Waals surface area (Å²) in [6.45, 7) is 8.48. The second-order valence-corrected chi connectivity index (χ2v) is 7.64. The van der Waals surface area contributed by atoms with Gasteiger partial charge in [0, 0.05) is 26.2 Å².